The first-order valence-electron chi connectivity index (χ1n) is 10.5. The van der Waals surface area contributed by atoms with Gasteiger partial charge in [0.1, 0.15) is 0 Å². The average molecular weight is 445 g/mol. The largest absolute Gasteiger partial charge is 0.361 e. The molecule has 156 valence electrons. The summed E-state index contributed by atoms with van der Waals surface area (Å²) < 4.78 is 1.22. The van der Waals surface area contributed by atoms with E-state index in [0.29, 0.717) is 0 Å². The monoisotopic (exact) mass is 444 g/mol. The molecular weight excluding hydrogens is 420 g/mol. The van der Waals surface area contributed by atoms with E-state index in [2.05, 4.69) is 88.0 Å². The highest BCUT2D eigenvalue weighted by molar-refractivity contribution is 8.14. The number of para-hydroxylation sites is 1. The first-order valence-corrected chi connectivity index (χ1v) is 12.3. The molecule has 3 aromatic carbocycles. The molecule has 0 saturated carbocycles. The van der Waals surface area contributed by atoms with E-state index in [0.717, 1.165) is 53.3 Å². The first-order chi connectivity index (χ1) is 15.3. The molecule has 0 radical (unpaired) electrons. The van der Waals surface area contributed by atoms with Crippen molar-refractivity contribution in [3.63, 3.8) is 0 Å². The molecule has 0 unspecified atom stereocenters. The lowest BCUT2D eigenvalue weighted by atomic mass is 10.1. The van der Waals surface area contributed by atoms with Gasteiger partial charge in [-0.25, -0.2) is 9.98 Å². The zero-order valence-electron chi connectivity index (χ0n) is 17.2. The minimum absolute atomic E-state index is 0.869. The minimum atomic E-state index is 0.869. The predicted octanol–water partition coefficient (Wildman–Crippen LogP) is 6.19. The molecule has 4 aromatic rings. The van der Waals surface area contributed by atoms with Crippen LogP contribution in [0, 0.1) is 0 Å². The summed E-state index contributed by atoms with van der Waals surface area (Å²) in [7, 11) is 0. The van der Waals surface area contributed by atoms with Crippen LogP contribution in [0.4, 0.5) is 10.8 Å². The Morgan fingerprint density at radius 2 is 1.71 bits per heavy atom. The second kappa shape index (κ2) is 9.54. The van der Waals surface area contributed by atoms with Crippen LogP contribution in [0.15, 0.2) is 83.9 Å². The number of thiazole rings is 1. The molecule has 0 spiro atoms. The average Bonchev–Trinajstić information content (AvgIpc) is 3.42. The van der Waals surface area contributed by atoms with Crippen molar-refractivity contribution < 1.29 is 0 Å². The van der Waals surface area contributed by atoms with E-state index >= 15 is 0 Å². The van der Waals surface area contributed by atoms with Crippen LogP contribution in [0.5, 0.6) is 0 Å². The van der Waals surface area contributed by atoms with E-state index in [4.69, 9.17) is 4.99 Å². The van der Waals surface area contributed by atoms with Gasteiger partial charge in [-0.15, -0.1) is 0 Å². The molecule has 1 saturated heterocycles. The number of benzene rings is 3. The molecule has 0 aliphatic carbocycles. The highest BCUT2D eigenvalue weighted by atomic mass is 32.2. The number of rotatable bonds is 7. The molecule has 1 aliphatic rings. The van der Waals surface area contributed by atoms with Crippen molar-refractivity contribution in [2.75, 3.05) is 24.2 Å². The normalized spacial score (nSPS) is 15.1. The van der Waals surface area contributed by atoms with Gasteiger partial charge in [0, 0.05) is 25.4 Å². The van der Waals surface area contributed by atoms with Gasteiger partial charge in [-0.2, -0.15) is 0 Å². The summed E-state index contributed by atoms with van der Waals surface area (Å²) in [4.78, 5) is 11.9. The Bertz CT molecular complexity index is 1140. The Kier molecular flexibility index (Phi) is 6.18. The maximum absolute atomic E-state index is 4.91. The Balaban J connectivity index is 1.17. The molecule has 2 heterocycles. The number of aliphatic imine (C=N–C) groups is 1. The van der Waals surface area contributed by atoms with Gasteiger partial charge in [0.05, 0.1) is 15.9 Å². The van der Waals surface area contributed by atoms with Crippen molar-refractivity contribution in [1.29, 1.82) is 0 Å². The molecule has 31 heavy (non-hydrogen) atoms. The SMILES string of the molecule is c1ccc(CN2CCS/C2=N\c2ccc(CCNc3nc4ccccc4s3)cc2)cc1. The first kappa shape index (κ1) is 20.1. The van der Waals surface area contributed by atoms with Crippen LogP contribution in [0.2, 0.25) is 0 Å². The fourth-order valence-corrected chi connectivity index (χ4v) is 5.49. The van der Waals surface area contributed by atoms with E-state index < -0.39 is 0 Å². The zero-order valence-corrected chi connectivity index (χ0v) is 18.8. The molecule has 0 amide bonds. The lowest BCUT2D eigenvalue weighted by Gasteiger charge is -2.17. The van der Waals surface area contributed by atoms with Crippen molar-refractivity contribution in [2.24, 2.45) is 4.99 Å². The lowest BCUT2D eigenvalue weighted by Crippen LogP contribution is -2.23. The Hall–Kier alpha value is -2.83. The molecule has 0 bridgehead atoms. The van der Waals surface area contributed by atoms with Crippen LogP contribution >= 0.6 is 23.1 Å². The van der Waals surface area contributed by atoms with Crippen molar-refractivity contribution in [2.45, 2.75) is 13.0 Å². The summed E-state index contributed by atoms with van der Waals surface area (Å²) in [6, 6.07) is 27.5. The van der Waals surface area contributed by atoms with Crippen LogP contribution in [-0.4, -0.2) is 33.9 Å². The van der Waals surface area contributed by atoms with Gasteiger partial charge >= 0.3 is 0 Å². The third-order valence-electron chi connectivity index (χ3n) is 5.22. The van der Waals surface area contributed by atoms with Gasteiger partial charge in [-0.1, -0.05) is 77.7 Å². The van der Waals surface area contributed by atoms with E-state index in [-0.39, 0.29) is 0 Å². The van der Waals surface area contributed by atoms with Gasteiger partial charge in [0.15, 0.2) is 10.3 Å². The number of thioether (sulfide) groups is 1. The predicted molar refractivity (Wildman–Crippen MR) is 135 cm³/mol. The summed E-state index contributed by atoms with van der Waals surface area (Å²) in [5, 5.41) is 5.56. The van der Waals surface area contributed by atoms with Gasteiger partial charge in [0.2, 0.25) is 0 Å². The highest BCUT2D eigenvalue weighted by Crippen LogP contribution is 2.26. The number of fused-ring (bicyclic) bond motifs is 1. The number of amidine groups is 1. The second-order valence-corrected chi connectivity index (χ2v) is 9.57. The molecule has 4 nitrogen and oxygen atoms in total. The van der Waals surface area contributed by atoms with Gasteiger partial charge in [-0.3, -0.25) is 0 Å². The summed E-state index contributed by atoms with van der Waals surface area (Å²) in [6.45, 7) is 2.84. The van der Waals surface area contributed by atoms with Crippen LogP contribution in [0.25, 0.3) is 10.2 Å². The molecule has 6 heteroatoms. The van der Waals surface area contributed by atoms with Crippen LogP contribution in [0.3, 0.4) is 0 Å². The highest BCUT2D eigenvalue weighted by Gasteiger charge is 2.19. The number of hydrogen-bond acceptors (Lipinski definition) is 5. The topological polar surface area (TPSA) is 40.5 Å². The van der Waals surface area contributed by atoms with Gasteiger partial charge in [0.25, 0.3) is 0 Å². The maximum atomic E-state index is 4.91. The Morgan fingerprint density at radius 3 is 2.55 bits per heavy atom. The van der Waals surface area contributed by atoms with E-state index in [9.17, 15) is 0 Å². The van der Waals surface area contributed by atoms with Crippen LogP contribution in [-0.2, 0) is 13.0 Å². The Morgan fingerprint density at radius 1 is 0.903 bits per heavy atom. The third kappa shape index (κ3) is 5.09. The smallest absolute Gasteiger partial charge is 0.183 e. The number of anilines is 1. The molecule has 1 N–H and O–H groups in total. The number of nitrogens with one attached hydrogen (secondary N) is 1. The standard InChI is InChI=1S/C25H24N4S2/c1-2-6-20(7-3-1)18-29-16-17-30-25(29)27-21-12-10-19(11-13-21)14-15-26-24-28-22-8-4-5-9-23(22)31-24/h1-13H,14-18H2,(H,26,28)/b27-25-. The Labute approximate surface area is 191 Å². The molecule has 1 aromatic heterocycles. The van der Waals surface area contributed by atoms with E-state index in [1.807, 2.05) is 17.8 Å². The number of nitrogens with zero attached hydrogens (tertiary/aromatic N) is 3. The summed E-state index contributed by atoms with van der Waals surface area (Å²) in [5.74, 6) is 1.10. The van der Waals surface area contributed by atoms with E-state index in [1.54, 1.807) is 11.3 Å². The summed E-state index contributed by atoms with van der Waals surface area (Å²) >= 11 is 3.55. The third-order valence-corrected chi connectivity index (χ3v) is 7.21. The molecule has 0 atom stereocenters. The number of hydrogen-bond donors (Lipinski definition) is 1. The fourth-order valence-electron chi connectivity index (χ4n) is 3.60. The summed E-state index contributed by atoms with van der Waals surface area (Å²) in [5.41, 5.74) is 4.71. The lowest BCUT2D eigenvalue weighted by molar-refractivity contribution is 0.457. The van der Waals surface area contributed by atoms with Crippen LogP contribution < -0.4 is 5.32 Å². The van der Waals surface area contributed by atoms with Crippen molar-refractivity contribution >= 4 is 49.3 Å². The van der Waals surface area contributed by atoms with Crippen molar-refractivity contribution in [3.8, 4) is 0 Å². The van der Waals surface area contributed by atoms with Crippen molar-refractivity contribution in [1.82, 2.24) is 9.88 Å². The second-order valence-electron chi connectivity index (χ2n) is 7.48. The number of aromatic nitrogens is 1. The zero-order chi connectivity index (χ0) is 20.9. The molecule has 5 rings (SSSR count). The van der Waals surface area contributed by atoms with Gasteiger partial charge < -0.3 is 10.2 Å². The minimum Gasteiger partial charge on any atom is -0.361 e. The van der Waals surface area contributed by atoms with Crippen LogP contribution in [0.1, 0.15) is 11.1 Å². The van der Waals surface area contributed by atoms with E-state index in [1.165, 1.54) is 15.8 Å². The molecule has 1 aliphatic heterocycles. The fraction of sp³-hybridized carbons (Fsp3) is 0.200. The van der Waals surface area contributed by atoms with Crippen molar-refractivity contribution in [3.05, 3.63) is 90.0 Å². The quantitative estimate of drug-likeness (QED) is 0.369. The van der Waals surface area contributed by atoms with Gasteiger partial charge in [-0.05, 0) is 41.8 Å². The molecular formula is C25H24N4S2. The summed E-state index contributed by atoms with van der Waals surface area (Å²) in [6.07, 6.45) is 0.960. The molecule has 1 fully saturated rings. The maximum Gasteiger partial charge on any atom is 0.183 e.